The maximum Gasteiger partial charge on any atom is 0.269 e. The Balaban J connectivity index is 1.92. The van der Waals surface area contributed by atoms with Crippen LogP contribution in [-0.2, 0) is 26.2 Å². The third-order valence-corrected chi connectivity index (χ3v) is 7.06. The lowest BCUT2D eigenvalue weighted by Gasteiger charge is -2.32. The predicted molar refractivity (Wildman–Crippen MR) is 119 cm³/mol. The lowest BCUT2D eigenvalue weighted by Crippen LogP contribution is -2.53. The van der Waals surface area contributed by atoms with Gasteiger partial charge < -0.3 is 10.2 Å². The summed E-state index contributed by atoms with van der Waals surface area (Å²) in [6.45, 7) is 4.48. The summed E-state index contributed by atoms with van der Waals surface area (Å²) in [6, 6.07) is 10.1. The standard InChI is InChI=1S/C23H26FN3O5S/c1-4-19(22(29)25-15(2)3)26(13-16-9-11-17(24)12-10-16)21(28)14-27-23(30)18-7-5-6-8-20(18)33(27,31)32/h5-12,15,19H,4,13-14H2,1-3H3,(H,25,29)/t19-/m1/s1. The molecule has 1 heterocycles. The third-order valence-electron chi connectivity index (χ3n) is 5.27. The van der Waals surface area contributed by atoms with Crippen molar-refractivity contribution < 1.29 is 27.2 Å². The van der Waals surface area contributed by atoms with Crippen LogP contribution in [0.2, 0.25) is 0 Å². The first-order valence-corrected chi connectivity index (χ1v) is 12.0. The number of benzene rings is 2. The van der Waals surface area contributed by atoms with Crippen LogP contribution in [0.25, 0.3) is 0 Å². The van der Waals surface area contributed by atoms with Gasteiger partial charge >= 0.3 is 0 Å². The van der Waals surface area contributed by atoms with E-state index in [1.807, 2.05) is 0 Å². The van der Waals surface area contributed by atoms with Gasteiger partial charge in [0.25, 0.3) is 15.9 Å². The van der Waals surface area contributed by atoms with Gasteiger partial charge in [0.1, 0.15) is 23.3 Å². The molecule has 0 unspecified atom stereocenters. The molecule has 0 aromatic heterocycles. The van der Waals surface area contributed by atoms with Crippen molar-refractivity contribution in [3.05, 3.63) is 65.5 Å². The minimum Gasteiger partial charge on any atom is -0.352 e. The number of hydrogen-bond donors (Lipinski definition) is 1. The Morgan fingerprint density at radius 3 is 2.30 bits per heavy atom. The largest absolute Gasteiger partial charge is 0.352 e. The number of hydrogen-bond acceptors (Lipinski definition) is 5. The molecule has 2 aromatic rings. The van der Waals surface area contributed by atoms with Gasteiger partial charge in [0.15, 0.2) is 0 Å². The summed E-state index contributed by atoms with van der Waals surface area (Å²) >= 11 is 0. The van der Waals surface area contributed by atoms with Crippen molar-refractivity contribution in [2.45, 2.75) is 50.7 Å². The number of halogens is 1. The number of nitrogens with one attached hydrogen (secondary N) is 1. The van der Waals surface area contributed by atoms with Crippen LogP contribution < -0.4 is 5.32 Å². The van der Waals surface area contributed by atoms with Gasteiger partial charge in [0.2, 0.25) is 11.8 Å². The molecule has 1 aliphatic heterocycles. The van der Waals surface area contributed by atoms with Crippen LogP contribution in [0, 0.1) is 5.82 Å². The number of nitrogens with zero attached hydrogens (tertiary/aromatic N) is 2. The number of fused-ring (bicyclic) bond motifs is 1. The first-order valence-electron chi connectivity index (χ1n) is 10.6. The molecule has 1 atom stereocenters. The van der Waals surface area contributed by atoms with Crippen LogP contribution in [0.1, 0.15) is 43.1 Å². The van der Waals surface area contributed by atoms with Crippen LogP contribution in [0.3, 0.4) is 0 Å². The topological polar surface area (TPSA) is 104 Å². The Hall–Kier alpha value is -3.27. The average molecular weight is 476 g/mol. The molecule has 1 aliphatic rings. The van der Waals surface area contributed by atoms with Gasteiger partial charge in [-0.15, -0.1) is 0 Å². The molecule has 3 rings (SSSR count). The maximum atomic E-state index is 13.4. The highest BCUT2D eigenvalue weighted by Gasteiger charge is 2.43. The van der Waals surface area contributed by atoms with Crippen LogP contribution in [-0.4, -0.2) is 54.0 Å². The molecule has 0 saturated carbocycles. The summed E-state index contributed by atoms with van der Waals surface area (Å²) in [7, 11) is -4.19. The average Bonchev–Trinajstić information content (AvgIpc) is 2.95. The van der Waals surface area contributed by atoms with Gasteiger partial charge in [0, 0.05) is 12.6 Å². The Morgan fingerprint density at radius 2 is 1.73 bits per heavy atom. The Bertz CT molecular complexity index is 1160. The van der Waals surface area contributed by atoms with Crippen LogP contribution in [0.4, 0.5) is 4.39 Å². The Labute approximate surface area is 192 Å². The first kappa shape index (κ1) is 24.4. The minimum atomic E-state index is -4.19. The maximum absolute atomic E-state index is 13.4. The van der Waals surface area contributed by atoms with Crippen molar-refractivity contribution in [1.82, 2.24) is 14.5 Å². The first-order chi connectivity index (χ1) is 15.6. The molecule has 3 amide bonds. The highest BCUT2D eigenvalue weighted by Crippen LogP contribution is 2.30. The van der Waals surface area contributed by atoms with E-state index in [1.54, 1.807) is 26.8 Å². The van der Waals surface area contributed by atoms with E-state index in [2.05, 4.69) is 5.32 Å². The van der Waals surface area contributed by atoms with Gasteiger partial charge in [-0.2, -0.15) is 0 Å². The van der Waals surface area contributed by atoms with Crippen molar-refractivity contribution >= 4 is 27.7 Å². The summed E-state index contributed by atoms with van der Waals surface area (Å²) in [6.07, 6.45) is 0.256. The lowest BCUT2D eigenvalue weighted by atomic mass is 10.1. The Kier molecular flexibility index (Phi) is 7.16. The predicted octanol–water partition coefficient (Wildman–Crippen LogP) is 2.30. The molecule has 0 saturated heterocycles. The molecular formula is C23H26FN3O5S. The van der Waals surface area contributed by atoms with E-state index in [0.717, 1.165) is 0 Å². The minimum absolute atomic E-state index is 0.0000214. The zero-order chi connectivity index (χ0) is 24.3. The Morgan fingerprint density at radius 1 is 1.09 bits per heavy atom. The van der Waals surface area contributed by atoms with Gasteiger partial charge in [-0.3, -0.25) is 14.4 Å². The SMILES string of the molecule is CC[C@H](C(=O)NC(C)C)N(Cc1ccc(F)cc1)C(=O)CN1C(=O)c2ccccc2S1(=O)=O. The molecule has 0 spiro atoms. The zero-order valence-electron chi connectivity index (χ0n) is 18.6. The molecule has 1 N–H and O–H groups in total. The van der Waals surface area contributed by atoms with Crippen molar-refractivity contribution in [1.29, 1.82) is 0 Å². The van der Waals surface area contributed by atoms with E-state index < -0.39 is 46.1 Å². The van der Waals surface area contributed by atoms with Crippen molar-refractivity contribution in [2.75, 3.05) is 6.54 Å². The van der Waals surface area contributed by atoms with E-state index in [-0.39, 0.29) is 29.5 Å². The molecule has 0 aliphatic carbocycles. The fraction of sp³-hybridized carbons (Fsp3) is 0.348. The summed E-state index contributed by atoms with van der Waals surface area (Å²) in [5, 5.41) is 2.77. The fourth-order valence-corrected chi connectivity index (χ4v) is 5.21. The van der Waals surface area contributed by atoms with Gasteiger partial charge in [0.05, 0.1) is 5.56 Å². The number of carbonyl (C=O) groups excluding carboxylic acids is 3. The smallest absolute Gasteiger partial charge is 0.269 e. The summed E-state index contributed by atoms with van der Waals surface area (Å²) in [4.78, 5) is 40.0. The zero-order valence-corrected chi connectivity index (χ0v) is 19.4. The number of rotatable bonds is 8. The fourth-order valence-electron chi connectivity index (χ4n) is 3.69. The molecule has 0 fully saturated rings. The molecule has 0 bridgehead atoms. The second kappa shape index (κ2) is 9.70. The molecule has 0 radical (unpaired) electrons. The number of amides is 3. The molecule has 176 valence electrons. The lowest BCUT2D eigenvalue weighted by molar-refractivity contribution is -0.141. The molecule has 10 heteroatoms. The van der Waals surface area contributed by atoms with E-state index in [4.69, 9.17) is 0 Å². The van der Waals surface area contributed by atoms with Gasteiger partial charge in [-0.05, 0) is 50.1 Å². The van der Waals surface area contributed by atoms with E-state index in [1.165, 1.54) is 47.4 Å². The van der Waals surface area contributed by atoms with E-state index >= 15 is 0 Å². The molecule has 8 nitrogen and oxygen atoms in total. The molecule has 33 heavy (non-hydrogen) atoms. The van der Waals surface area contributed by atoms with Gasteiger partial charge in [-0.25, -0.2) is 17.1 Å². The molecular weight excluding hydrogens is 449 g/mol. The highest BCUT2D eigenvalue weighted by atomic mass is 32.2. The normalized spacial score (nSPS) is 15.3. The second-order valence-electron chi connectivity index (χ2n) is 8.05. The second-order valence-corrected chi connectivity index (χ2v) is 9.88. The van der Waals surface area contributed by atoms with Gasteiger partial charge in [-0.1, -0.05) is 31.2 Å². The summed E-state index contributed by atoms with van der Waals surface area (Å²) in [5.74, 6) is -2.36. The van der Waals surface area contributed by atoms with E-state index in [0.29, 0.717) is 9.87 Å². The van der Waals surface area contributed by atoms with Crippen molar-refractivity contribution in [2.24, 2.45) is 0 Å². The van der Waals surface area contributed by atoms with E-state index in [9.17, 15) is 27.2 Å². The number of carbonyl (C=O) groups is 3. The van der Waals surface area contributed by atoms with Crippen LogP contribution >= 0.6 is 0 Å². The quantitative estimate of drug-likeness (QED) is 0.631. The van der Waals surface area contributed by atoms with Crippen molar-refractivity contribution in [3.8, 4) is 0 Å². The summed E-state index contributed by atoms with van der Waals surface area (Å²) in [5.41, 5.74) is 0.555. The summed E-state index contributed by atoms with van der Waals surface area (Å²) < 4.78 is 39.6. The van der Waals surface area contributed by atoms with Crippen molar-refractivity contribution in [3.63, 3.8) is 0 Å². The highest BCUT2D eigenvalue weighted by molar-refractivity contribution is 7.90. The number of sulfonamides is 1. The monoisotopic (exact) mass is 475 g/mol. The molecule has 2 aromatic carbocycles. The third kappa shape index (κ3) is 5.05. The van der Waals surface area contributed by atoms with Crippen LogP contribution in [0.15, 0.2) is 53.4 Å². The van der Waals surface area contributed by atoms with Crippen LogP contribution in [0.5, 0.6) is 0 Å².